The number of amidine groups is 1. The molecule has 13 heteroatoms. The molecule has 1 fully saturated rings. The summed E-state index contributed by atoms with van der Waals surface area (Å²) in [5.74, 6) is -2.23. The topological polar surface area (TPSA) is 176 Å². The van der Waals surface area contributed by atoms with Crippen molar-refractivity contribution < 1.29 is 32.7 Å². The molecular formula is C27H32N4O7S2. The van der Waals surface area contributed by atoms with Crippen LogP contribution in [0.2, 0.25) is 0 Å². The zero-order chi connectivity index (χ0) is 29.4. The molecule has 0 radical (unpaired) electrons. The maximum Gasteiger partial charge on any atom is 0.326 e. The van der Waals surface area contributed by atoms with Crippen LogP contribution in [0, 0.1) is 0 Å². The minimum Gasteiger partial charge on any atom is -0.480 e. The summed E-state index contributed by atoms with van der Waals surface area (Å²) in [5.41, 5.74) is 6.65. The summed E-state index contributed by atoms with van der Waals surface area (Å²) in [6.45, 7) is 3.17. The molecule has 2 aromatic carbocycles. The minimum absolute atomic E-state index is 0.0273. The number of carbonyl (C=O) groups excluding carboxylic acids is 3. The van der Waals surface area contributed by atoms with Gasteiger partial charge in [0.05, 0.1) is 16.1 Å². The molecule has 2 amide bonds. The number of hydrogen-bond donors (Lipinski definition) is 3. The summed E-state index contributed by atoms with van der Waals surface area (Å²) in [6, 6.07) is 12.1. The van der Waals surface area contributed by atoms with Gasteiger partial charge in [0.2, 0.25) is 21.8 Å². The minimum atomic E-state index is -3.98. The largest absolute Gasteiger partial charge is 0.480 e. The molecule has 4 N–H and O–H groups in total. The van der Waals surface area contributed by atoms with Crippen molar-refractivity contribution in [3.05, 3.63) is 65.7 Å². The Morgan fingerprint density at radius 2 is 1.70 bits per heavy atom. The third-order valence-electron chi connectivity index (χ3n) is 6.18. The van der Waals surface area contributed by atoms with Crippen LogP contribution in [0.4, 0.5) is 0 Å². The average molecular weight is 589 g/mol. The Morgan fingerprint density at radius 3 is 2.30 bits per heavy atom. The normalized spacial score (nSPS) is 18.7. The number of carbonyl (C=O) groups is 4. The van der Waals surface area contributed by atoms with Crippen LogP contribution in [0.1, 0.15) is 37.8 Å². The molecule has 3 atom stereocenters. The Kier molecular flexibility index (Phi) is 10.6. The van der Waals surface area contributed by atoms with E-state index < -0.39 is 45.3 Å². The van der Waals surface area contributed by atoms with Crippen LogP contribution in [0.5, 0.6) is 0 Å². The van der Waals surface area contributed by atoms with Crippen molar-refractivity contribution in [2.75, 3.05) is 5.75 Å². The van der Waals surface area contributed by atoms with Gasteiger partial charge in [0, 0.05) is 31.4 Å². The number of amides is 2. The monoisotopic (exact) mass is 588 g/mol. The number of Topliss-reactive ketones (excluding diaryl/α,β-unsaturated/α-hetero) is 1. The molecule has 0 spiro atoms. The summed E-state index contributed by atoms with van der Waals surface area (Å²) in [4.78, 5) is 52.6. The van der Waals surface area contributed by atoms with E-state index in [0.717, 1.165) is 4.31 Å². The third kappa shape index (κ3) is 8.23. The second-order valence-corrected chi connectivity index (χ2v) is 12.6. The quantitative estimate of drug-likeness (QED) is 0.246. The number of nitrogens with zero attached hydrogens (tertiary/aromatic N) is 2. The van der Waals surface area contributed by atoms with Gasteiger partial charge in [0.25, 0.3) is 0 Å². The molecule has 40 heavy (non-hydrogen) atoms. The average Bonchev–Trinajstić information content (AvgIpc) is 3.30. The molecular weight excluding hydrogens is 556 g/mol. The Hall–Kier alpha value is -3.55. The van der Waals surface area contributed by atoms with Crippen molar-refractivity contribution in [2.24, 2.45) is 10.7 Å². The Labute approximate surface area is 237 Å². The van der Waals surface area contributed by atoms with E-state index in [9.17, 15) is 32.7 Å². The van der Waals surface area contributed by atoms with E-state index in [4.69, 9.17) is 5.73 Å². The standard InChI is InChI=1S/C27H32N4O7S2/c1-17(28)29-25(33)13-12-21(32)14-19-8-10-20(11-9-19)15-23(27(35)36)30-26(34)24-16-39-18(2)31(24)40(37,38)22-6-4-3-5-7-22/h3-11,18,23-24H,12-16H2,1-2H3,(H,30,34)(H,35,36)(H2,28,29,33)/t18?,23?,24-/m0/s1. The molecule has 11 nitrogen and oxygen atoms in total. The number of carboxylic acids is 1. The van der Waals surface area contributed by atoms with Crippen molar-refractivity contribution in [3.63, 3.8) is 0 Å². The molecule has 0 aliphatic carbocycles. The van der Waals surface area contributed by atoms with Gasteiger partial charge in [-0.15, -0.1) is 11.8 Å². The van der Waals surface area contributed by atoms with Crippen molar-refractivity contribution in [1.82, 2.24) is 9.62 Å². The fourth-order valence-corrected chi connectivity index (χ4v) is 7.54. The zero-order valence-electron chi connectivity index (χ0n) is 22.1. The highest BCUT2D eigenvalue weighted by Crippen LogP contribution is 2.34. The SMILES string of the molecule is CC(N)=NC(=O)CCC(=O)Cc1ccc(CC(NC(=O)[C@@H]2CSC(C)N2S(=O)(=O)c2ccccc2)C(=O)O)cc1. The number of hydrogen-bond acceptors (Lipinski definition) is 7. The van der Waals surface area contributed by atoms with Crippen molar-refractivity contribution in [2.45, 2.75) is 61.9 Å². The van der Waals surface area contributed by atoms with Crippen LogP contribution in [-0.4, -0.2) is 70.4 Å². The molecule has 1 aliphatic rings. The van der Waals surface area contributed by atoms with Gasteiger partial charge >= 0.3 is 5.97 Å². The third-order valence-corrected chi connectivity index (χ3v) is 9.52. The van der Waals surface area contributed by atoms with Crippen molar-refractivity contribution in [1.29, 1.82) is 0 Å². The number of ketones is 1. The molecule has 2 aromatic rings. The maximum absolute atomic E-state index is 13.3. The molecule has 3 rings (SSSR count). The number of carboxylic acid groups (broad SMARTS) is 1. The highest BCUT2D eigenvalue weighted by molar-refractivity contribution is 8.01. The summed E-state index contributed by atoms with van der Waals surface area (Å²) in [5, 5.41) is 11.8. The lowest BCUT2D eigenvalue weighted by Gasteiger charge is -2.27. The molecule has 0 bridgehead atoms. The smallest absolute Gasteiger partial charge is 0.326 e. The lowest BCUT2D eigenvalue weighted by Crippen LogP contribution is -2.53. The molecule has 0 saturated carbocycles. The molecule has 214 valence electrons. The number of nitrogens with two attached hydrogens (primary N) is 1. The molecule has 1 aliphatic heterocycles. The molecule has 0 aromatic heterocycles. The van der Waals surface area contributed by atoms with Gasteiger partial charge in [-0.2, -0.15) is 4.31 Å². The van der Waals surface area contributed by atoms with Crippen molar-refractivity contribution in [3.8, 4) is 0 Å². The van der Waals surface area contributed by atoms with Crippen LogP contribution < -0.4 is 11.1 Å². The first-order valence-electron chi connectivity index (χ1n) is 12.5. The summed E-state index contributed by atoms with van der Waals surface area (Å²) >= 11 is 1.30. The fourth-order valence-electron chi connectivity index (χ4n) is 4.21. The first-order valence-corrected chi connectivity index (χ1v) is 15.0. The summed E-state index contributed by atoms with van der Waals surface area (Å²) in [7, 11) is -3.98. The highest BCUT2D eigenvalue weighted by atomic mass is 32.2. The van der Waals surface area contributed by atoms with E-state index in [-0.39, 0.29) is 48.0 Å². The van der Waals surface area contributed by atoms with E-state index in [2.05, 4.69) is 10.3 Å². The second kappa shape index (κ2) is 13.7. The lowest BCUT2D eigenvalue weighted by atomic mass is 10.0. The Balaban J connectivity index is 1.63. The van der Waals surface area contributed by atoms with E-state index in [1.165, 1.54) is 30.8 Å². The summed E-state index contributed by atoms with van der Waals surface area (Å²) < 4.78 is 27.6. The predicted molar refractivity (Wildman–Crippen MR) is 151 cm³/mol. The van der Waals surface area contributed by atoms with Gasteiger partial charge in [-0.25, -0.2) is 18.2 Å². The fraction of sp³-hybridized carbons (Fsp3) is 0.370. The van der Waals surface area contributed by atoms with Gasteiger partial charge < -0.3 is 16.2 Å². The highest BCUT2D eigenvalue weighted by Gasteiger charge is 2.45. The van der Waals surface area contributed by atoms with Gasteiger partial charge in [0.1, 0.15) is 17.9 Å². The lowest BCUT2D eigenvalue weighted by molar-refractivity contribution is -0.142. The van der Waals surface area contributed by atoms with Gasteiger partial charge in [-0.1, -0.05) is 42.5 Å². The van der Waals surface area contributed by atoms with Gasteiger partial charge in [-0.3, -0.25) is 14.4 Å². The Morgan fingerprint density at radius 1 is 1.07 bits per heavy atom. The van der Waals surface area contributed by atoms with Crippen LogP contribution in [-0.2, 0) is 42.0 Å². The van der Waals surface area contributed by atoms with Crippen LogP contribution in [0.15, 0.2) is 64.5 Å². The molecule has 2 unspecified atom stereocenters. The first kappa shape index (κ1) is 31.0. The van der Waals surface area contributed by atoms with Crippen LogP contribution in [0.3, 0.4) is 0 Å². The van der Waals surface area contributed by atoms with Crippen LogP contribution in [0.25, 0.3) is 0 Å². The van der Waals surface area contributed by atoms with Crippen LogP contribution >= 0.6 is 11.8 Å². The van der Waals surface area contributed by atoms with Crippen molar-refractivity contribution >= 4 is 51.2 Å². The second-order valence-electron chi connectivity index (χ2n) is 9.38. The first-order chi connectivity index (χ1) is 18.9. The van der Waals surface area contributed by atoms with E-state index in [1.54, 1.807) is 49.4 Å². The number of rotatable bonds is 12. The van der Waals surface area contributed by atoms with Gasteiger partial charge in [0.15, 0.2) is 0 Å². The predicted octanol–water partition coefficient (Wildman–Crippen LogP) is 1.75. The number of nitrogens with one attached hydrogen (secondary N) is 1. The number of thioether (sulfide) groups is 1. The van der Waals surface area contributed by atoms with E-state index in [1.807, 2.05) is 0 Å². The van der Waals surface area contributed by atoms with E-state index >= 15 is 0 Å². The Bertz CT molecular complexity index is 1380. The molecule has 1 heterocycles. The number of sulfonamides is 1. The zero-order valence-corrected chi connectivity index (χ0v) is 23.8. The summed E-state index contributed by atoms with van der Waals surface area (Å²) in [6.07, 6.45) is 0.0513. The number of aliphatic carboxylic acids is 1. The number of benzene rings is 2. The van der Waals surface area contributed by atoms with E-state index in [0.29, 0.717) is 11.1 Å². The number of aliphatic imine (C=N–C) groups is 1. The van der Waals surface area contributed by atoms with Gasteiger partial charge in [-0.05, 0) is 37.1 Å². The molecule has 1 saturated heterocycles. The maximum atomic E-state index is 13.3.